The van der Waals surface area contributed by atoms with Crippen LogP contribution in [0.1, 0.15) is 28.7 Å². The van der Waals surface area contributed by atoms with Crippen molar-refractivity contribution in [1.82, 2.24) is 25.4 Å². The molecule has 2 amide bonds. The molecule has 0 aliphatic rings. The number of rotatable bonds is 11. The Kier molecular flexibility index (Phi) is 8.53. The van der Waals surface area contributed by atoms with Crippen LogP contribution >= 0.6 is 11.8 Å². The van der Waals surface area contributed by atoms with Gasteiger partial charge in [0.1, 0.15) is 0 Å². The summed E-state index contributed by atoms with van der Waals surface area (Å²) in [5.41, 5.74) is 1.20. The molecule has 1 heterocycles. The quantitative estimate of drug-likeness (QED) is 0.251. The molecule has 33 heavy (non-hydrogen) atoms. The summed E-state index contributed by atoms with van der Waals surface area (Å²) in [5, 5.41) is 25.3. The topological polar surface area (TPSA) is 132 Å². The maximum Gasteiger partial charge on any atom is 0.270 e. The van der Waals surface area contributed by atoms with Crippen LogP contribution in [0.5, 0.6) is 0 Å². The highest BCUT2D eigenvalue weighted by Crippen LogP contribution is 2.17. The fourth-order valence-electron chi connectivity index (χ4n) is 3.07. The Hall–Kier alpha value is -3.73. The van der Waals surface area contributed by atoms with E-state index < -0.39 is 10.8 Å². The first-order valence-electron chi connectivity index (χ1n) is 10.4. The zero-order chi connectivity index (χ0) is 23.6. The van der Waals surface area contributed by atoms with Gasteiger partial charge in [0.15, 0.2) is 11.0 Å². The van der Waals surface area contributed by atoms with E-state index >= 15 is 0 Å². The number of nitrogens with one attached hydrogen (secondary N) is 2. The molecule has 2 aromatic carbocycles. The molecule has 10 nitrogen and oxygen atoms in total. The number of non-ortho nitro benzene ring substituents is 1. The van der Waals surface area contributed by atoms with Crippen LogP contribution in [0.25, 0.3) is 0 Å². The summed E-state index contributed by atoms with van der Waals surface area (Å²) in [6.07, 6.45) is 0.761. The van der Waals surface area contributed by atoms with Gasteiger partial charge in [-0.3, -0.25) is 19.7 Å². The van der Waals surface area contributed by atoms with E-state index in [2.05, 4.69) is 20.8 Å². The van der Waals surface area contributed by atoms with Crippen molar-refractivity contribution >= 4 is 29.3 Å². The number of hydrogen-bond acceptors (Lipinski definition) is 7. The summed E-state index contributed by atoms with van der Waals surface area (Å²) < 4.78 is 1.82. The van der Waals surface area contributed by atoms with Crippen molar-refractivity contribution in [2.75, 3.05) is 12.3 Å². The van der Waals surface area contributed by atoms with E-state index in [0.717, 1.165) is 12.0 Å². The highest BCUT2D eigenvalue weighted by molar-refractivity contribution is 7.99. The van der Waals surface area contributed by atoms with E-state index in [1.54, 1.807) is 0 Å². The van der Waals surface area contributed by atoms with Crippen molar-refractivity contribution in [1.29, 1.82) is 0 Å². The largest absolute Gasteiger partial charge is 0.355 e. The molecule has 1 aromatic heterocycles. The summed E-state index contributed by atoms with van der Waals surface area (Å²) in [4.78, 5) is 34.9. The lowest BCUT2D eigenvalue weighted by atomic mass is 10.1. The van der Waals surface area contributed by atoms with Gasteiger partial charge in [-0.2, -0.15) is 0 Å². The van der Waals surface area contributed by atoms with Crippen LogP contribution in [-0.4, -0.2) is 43.8 Å². The first-order chi connectivity index (χ1) is 16.0. The number of thioether (sulfide) groups is 1. The number of nitro groups is 1. The number of nitro benzene ring substituents is 1. The zero-order valence-electron chi connectivity index (χ0n) is 18.1. The Balaban J connectivity index is 1.50. The SMILES string of the molecule is CCn1c(CNC(=O)c2cccc([N+](=O)[O-])c2)nnc1SCC(=O)NCCc1ccccc1. The van der Waals surface area contributed by atoms with Gasteiger partial charge >= 0.3 is 0 Å². The number of nitrogens with zero attached hydrogens (tertiary/aromatic N) is 4. The predicted octanol–water partition coefficient (Wildman–Crippen LogP) is 2.59. The molecule has 0 atom stereocenters. The van der Waals surface area contributed by atoms with E-state index in [0.29, 0.717) is 24.1 Å². The predicted molar refractivity (Wildman–Crippen MR) is 124 cm³/mol. The van der Waals surface area contributed by atoms with E-state index in [1.807, 2.05) is 41.8 Å². The molecule has 0 aliphatic heterocycles. The maximum absolute atomic E-state index is 12.4. The molecule has 0 fully saturated rings. The smallest absolute Gasteiger partial charge is 0.270 e. The Morgan fingerprint density at radius 1 is 1.09 bits per heavy atom. The molecule has 0 saturated heterocycles. The standard InChI is InChI=1S/C22H24N6O4S/c1-2-27-19(14-24-21(30)17-9-6-10-18(13-17)28(31)32)25-26-22(27)33-15-20(29)23-12-11-16-7-4-3-5-8-16/h3-10,13H,2,11-12,14-15H2,1H3,(H,23,29)(H,24,30). The monoisotopic (exact) mass is 468 g/mol. The Bertz CT molecular complexity index is 1120. The van der Waals surface area contributed by atoms with Crippen molar-refractivity contribution in [3.05, 3.63) is 81.7 Å². The van der Waals surface area contributed by atoms with Crippen LogP contribution in [0, 0.1) is 10.1 Å². The third-order valence-electron chi connectivity index (χ3n) is 4.75. The highest BCUT2D eigenvalue weighted by atomic mass is 32.2. The molecule has 172 valence electrons. The Morgan fingerprint density at radius 2 is 1.88 bits per heavy atom. The molecular formula is C22H24N6O4S. The number of carbonyl (C=O) groups is 2. The lowest BCUT2D eigenvalue weighted by Gasteiger charge is -2.09. The molecule has 2 N–H and O–H groups in total. The molecule has 3 aromatic rings. The minimum atomic E-state index is -0.550. The van der Waals surface area contributed by atoms with E-state index in [1.165, 1.54) is 36.0 Å². The molecule has 0 bridgehead atoms. The molecule has 3 rings (SSSR count). The molecule has 0 spiro atoms. The average Bonchev–Trinajstić information content (AvgIpc) is 3.23. The molecule has 0 saturated carbocycles. The Labute approximate surface area is 194 Å². The Morgan fingerprint density at radius 3 is 2.61 bits per heavy atom. The average molecular weight is 469 g/mol. The fraction of sp³-hybridized carbons (Fsp3) is 0.273. The number of amides is 2. The normalized spacial score (nSPS) is 10.6. The van der Waals surface area contributed by atoms with Gasteiger partial charge in [0.25, 0.3) is 11.6 Å². The van der Waals surface area contributed by atoms with Crippen molar-refractivity contribution in [2.45, 2.75) is 31.6 Å². The summed E-state index contributed by atoms with van der Waals surface area (Å²) in [5.74, 6) is 0.189. The summed E-state index contributed by atoms with van der Waals surface area (Å²) in [6, 6.07) is 15.4. The molecule has 0 unspecified atom stereocenters. The lowest BCUT2D eigenvalue weighted by Crippen LogP contribution is -2.27. The second-order valence-corrected chi connectivity index (χ2v) is 7.95. The minimum Gasteiger partial charge on any atom is -0.355 e. The number of aromatic nitrogens is 3. The van der Waals surface area contributed by atoms with E-state index in [4.69, 9.17) is 0 Å². The summed E-state index contributed by atoms with van der Waals surface area (Å²) >= 11 is 1.27. The van der Waals surface area contributed by atoms with Crippen LogP contribution in [0.2, 0.25) is 0 Å². The number of carbonyl (C=O) groups excluding carboxylic acids is 2. The molecule has 11 heteroatoms. The van der Waals surface area contributed by atoms with Gasteiger partial charge in [-0.05, 0) is 25.0 Å². The van der Waals surface area contributed by atoms with Crippen LogP contribution in [0.15, 0.2) is 59.8 Å². The summed E-state index contributed by atoms with van der Waals surface area (Å²) in [7, 11) is 0. The first-order valence-corrected chi connectivity index (χ1v) is 11.3. The highest BCUT2D eigenvalue weighted by Gasteiger charge is 2.16. The molecule has 0 radical (unpaired) electrons. The third-order valence-corrected chi connectivity index (χ3v) is 5.71. The number of hydrogen-bond donors (Lipinski definition) is 2. The van der Waals surface area contributed by atoms with Gasteiger partial charge in [-0.25, -0.2) is 0 Å². The van der Waals surface area contributed by atoms with Crippen LogP contribution in [-0.2, 0) is 24.3 Å². The van der Waals surface area contributed by atoms with Crippen molar-refractivity contribution in [3.63, 3.8) is 0 Å². The lowest BCUT2D eigenvalue weighted by molar-refractivity contribution is -0.384. The van der Waals surface area contributed by atoms with Crippen LogP contribution < -0.4 is 10.6 Å². The van der Waals surface area contributed by atoms with Gasteiger partial charge in [0, 0.05) is 30.8 Å². The fourth-order valence-corrected chi connectivity index (χ4v) is 3.92. The van der Waals surface area contributed by atoms with Gasteiger partial charge in [0.05, 0.1) is 17.2 Å². The van der Waals surface area contributed by atoms with Crippen molar-refractivity contribution in [2.24, 2.45) is 0 Å². The second-order valence-electron chi connectivity index (χ2n) is 7.01. The van der Waals surface area contributed by atoms with Crippen LogP contribution in [0.4, 0.5) is 5.69 Å². The first kappa shape index (κ1) is 23.9. The molecule has 0 aliphatic carbocycles. The van der Waals surface area contributed by atoms with Gasteiger partial charge < -0.3 is 15.2 Å². The van der Waals surface area contributed by atoms with Crippen molar-refractivity contribution in [3.8, 4) is 0 Å². The van der Waals surface area contributed by atoms with Crippen LogP contribution in [0.3, 0.4) is 0 Å². The number of benzene rings is 2. The second kappa shape index (κ2) is 11.8. The third kappa shape index (κ3) is 6.88. The summed E-state index contributed by atoms with van der Waals surface area (Å²) in [6.45, 7) is 3.14. The van der Waals surface area contributed by atoms with Gasteiger partial charge in [-0.1, -0.05) is 48.2 Å². The van der Waals surface area contributed by atoms with Gasteiger partial charge in [-0.15, -0.1) is 10.2 Å². The minimum absolute atomic E-state index is 0.0953. The zero-order valence-corrected chi connectivity index (χ0v) is 18.9. The van der Waals surface area contributed by atoms with Gasteiger partial charge in [0.2, 0.25) is 5.91 Å². The van der Waals surface area contributed by atoms with E-state index in [-0.39, 0.29) is 29.5 Å². The molecular weight excluding hydrogens is 444 g/mol. The van der Waals surface area contributed by atoms with E-state index in [9.17, 15) is 19.7 Å². The van der Waals surface area contributed by atoms with Crippen molar-refractivity contribution < 1.29 is 14.5 Å². The maximum atomic E-state index is 12.4.